The first-order valence-electron chi connectivity index (χ1n) is 12.7. The number of amides is 1. The molecule has 4 rings (SSSR count). The molecule has 0 bridgehead atoms. The largest absolute Gasteiger partial charge is 0.343 e. The SMILES string of the molecule is CCN(CC)C(=O)[C@H]1CCC2C3CN=C4C(CN(C)C)C(=O)CC[C@]4(C)C3CC[C@@]21C. The Morgan fingerprint density at radius 1 is 1.06 bits per heavy atom. The molecule has 4 aliphatic rings. The number of carbonyl (C=O) groups excluding carboxylic acids is 2. The van der Waals surface area contributed by atoms with Crippen molar-refractivity contribution in [1.82, 2.24) is 9.80 Å². The molecule has 1 heterocycles. The monoisotopic (exact) mass is 429 g/mol. The van der Waals surface area contributed by atoms with E-state index in [1.54, 1.807) is 0 Å². The lowest BCUT2D eigenvalue weighted by Gasteiger charge is -2.57. The highest BCUT2D eigenvalue weighted by atomic mass is 16.2. The second-order valence-corrected chi connectivity index (χ2v) is 11.5. The maximum absolute atomic E-state index is 13.4. The number of ketones is 1. The average Bonchev–Trinajstić information content (AvgIpc) is 3.08. The normalized spacial score (nSPS) is 42.0. The lowest BCUT2D eigenvalue weighted by molar-refractivity contribution is -0.142. The van der Waals surface area contributed by atoms with Gasteiger partial charge < -0.3 is 9.80 Å². The van der Waals surface area contributed by atoms with E-state index < -0.39 is 0 Å². The lowest BCUT2D eigenvalue weighted by Crippen LogP contribution is -2.58. The van der Waals surface area contributed by atoms with Gasteiger partial charge in [0.15, 0.2) is 0 Å². The second kappa shape index (κ2) is 8.28. The van der Waals surface area contributed by atoms with Crippen molar-refractivity contribution in [2.24, 2.45) is 45.4 Å². The van der Waals surface area contributed by atoms with E-state index in [0.717, 1.165) is 51.9 Å². The van der Waals surface area contributed by atoms with Gasteiger partial charge in [0.25, 0.3) is 0 Å². The summed E-state index contributed by atoms with van der Waals surface area (Å²) in [4.78, 5) is 35.5. The van der Waals surface area contributed by atoms with Gasteiger partial charge in [0.1, 0.15) is 5.78 Å². The van der Waals surface area contributed by atoms with Crippen LogP contribution in [0.5, 0.6) is 0 Å². The minimum atomic E-state index is -0.0245. The van der Waals surface area contributed by atoms with Crippen molar-refractivity contribution in [1.29, 1.82) is 0 Å². The zero-order valence-corrected chi connectivity index (χ0v) is 20.6. The highest BCUT2D eigenvalue weighted by Crippen LogP contribution is 2.64. The molecule has 0 aromatic rings. The van der Waals surface area contributed by atoms with Gasteiger partial charge in [-0.3, -0.25) is 14.6 Å². The van der Waals surface area contributed by atoms with Gasteiger partial charge in [0.2, 0.25) is 5.91 Å². The summed E-state index contributed by atoms with van der Waals surface area (Å²) in [7, 11) is 4.12. The minimum absolute atomic E-state index is 0.0245. The maximum Gasteiger partial charge on any atom is 0.226 e. The van der Waals surface area contributed by atoms with Gasteiger partial charge in [0.05, 0.1) is 5.92 Å². The number of carbonyl (C=O) groups is 2. The zero-order chi connectivity index (χ0) is 22.6. The second-order valence-electron chi connectivity index (χ2n) is 11.5. The Morgan fingerprint density at radius 3 is 2.42 bits per heavy atom. The van der Waals surface area contributed by atoms with Crippen LogP contribution in [0.4, 0.5) is 0 Å². The number of rotatable bonds is 5. The summed E-state index contributed by atoms with van der Waals surface area (Å²) in [5.74, 6) is 2.68. The Balaban J connectivity index is 1.62. The fourth-order valence-electron chi connectivity index (χ4n) is 8.15. The van der Waals surface area contributed by atoms with Crippen LogP contribution in [0.25, 0.3) is 0 Å². The zero-order valence-electron chi connectivity index (χ0n) is 20.6. The Labute approximate surface area is 189 Å². The standard InChI is InChI=1S/C26H43N3O2/c1-7-29(8-2)24(31)21-10-9-19-17-15-27-23-18(16-28(5)6)22(30)12-14-26(23,4)20(17)11-13-25(19,21)3/h17-21H,7-16H2,1-6H3/t17?,18?,19?,20?,21-,25+,26-/m1/s1. The number of hydrogen-bond acceptors (Lipinski definition) is 4. The smallest absolute Gasteiger partial charge is 0.226 e. The van der Waals surface area contributed by atoms with E-state index in [0.29, 0.717) is 35.9 Å². The first kappa shape index (κ1) is 22.9. The molecule has 1 aliphatic heterocycles. The molecule has 5 nitrogen and oxygen atoms in total. The van der Waals surface area contributed by atoms with Crippen LogP contribution in [-0.4, -0.2) is 67.5 Å². The van der Waals surface area contributed by atoms with Crippen molar-refractivity contribution in [3.8, 4) is 0 Å². The Bertz CT molecular complexity index is 758. The predicted molar refractivity (Wildman–Crippen MR) is 125 cm³/mol. The van der Waals surface area contributed by atoms with Gasteiger partial charge in [-0.05, 0) is 83.2 Å². The van der Waals surface area contributed by atoms with Crippen molar-refractivity contribution in [2.45, 2.75) is 66.2 Å². The van der Waals surface area contributed by atoms with Gasteiger partial charge >= 0.3 is 0 Å². The molecular formula is C26H43N3O2. The summed E-state index contributed by atoms with van der Waals surface area (Å²) in [6.07, 6.45) is 6.18. The third-order valence-corrected chi connectivity index (χ3v) is 9.84. The molecule has 0 radical (unpaired) electrons. The van der Waals surface area contributed by atoms with Crippen molar-refractivity contribution in [3.63, 3.8) is 0 Å². The molecule has 0 N–H and O–H groups in total. The van der Waals surface area contributed by atoms with Gasteiger partial charge in [-0.15, -0.1) is 0 Å². The van der Waals surface area contributed by atoms with E-state index in [4.69, 9.17) is 4.99 Å². The van der Waals surface area contributed by atoms with E-state index in [-0.39, 0.29) is 22.7 Å². The molecule has 31 heavy (non-hydrogen) atoms. The van der Waals surface area contributed by atoms with E-state index in [2.05, 4.69) is 46.7 Å². The van der Waals surface area contributed by atoms with Crippen LogP contribution in [-0.2, 0) is 9.59 Å². The van der Waals surface area contributed by atoms with Crippen LogP contribution in [0.1, 0.15) is 66.2 Å². The number of aliphatic imine (C=N–C) groups is 1. The molecule has 3 aliphatic carbocycles. The fourth-order valence-corrected chi connectivity index (χ4v) is 8.15. The molecule has 0 aromatic heterocycles. The molecule has 3 saturated carbocycles. The average molecular weight is 430 g/mol. The molecule has 0 spiro atoms. The minimum Gasteiger partial charge on any atom is -0.343 e. The Hall–Kier alpha value is -1.23. The topological polar surface area (TPSA) is 53.0 Å². The fraction of sp³-hybridized carbons (Fsp3) is 0.885. The van der Waals surface area contributed by atoms with Crippen LogP contribution < -0.4 is 0 Å². The van der Waals surface area contributed by atoms with Crippen molar-refractivity contribution in [3.05, 3.63) is 0 Å². The molecule has 5 heteroatoms. The first-order chi connectivity index (χ1) is 14.7. The number of hydrogen-bond donors (Lipinski definition) is 0. The molecule has 3 fully saturated rings. The number of Topliss-reactive ketones (excluding diaryl/α,β-unsaturated/α-hetero) is 1. The Kier molecular flexibility index (Phi) is 6.13. The summed E-state index contributed by atoms with van der Waals surface area (Å²) in [5, 5.41) is 0. The summed E-state index contributed by atoms with van der Waals surface area (Å²) in [6.45, 7) is 12.3. The quantitative estimate of drug-likeness (QED) is 0.666. The summed E-state index contributed by atoms with van der Waals surface area (Å²) in [5.41, 5.74) is 1.37. The molecular weight excluding hydrogens is 386 g/mol. The van der Waals surface area contributed by atoms with Crippen molar-refractivity contribution < 1.29 is 9.59 Å². The van der Waals surface area contributed by atoms with E-state index in [1.807, 2.05) is 4.90 Å². The van der Waals surface area contributed by atoms with Crippen LogP contribution >= 0.6 is 0 Å². The summed E-state index contributed by atoms with van der Waals surface area (Å²) in [6, 6.07) is 0. The Morgan fingerprint density at radius 2 is 1.77 bits per heavy atom. The van der Waals surface area contributed by atoms with Crippen LogP contribution in [0.3, 0.4) is 0 Å². The van der Waals surface area contributed by atoms with Crippen molar-refractivity contribution >= 4 is 17.4 Å². The molecule has 1 amide bonds. The maximum atomic E-state index is 13.4. The van der Waals surface area contributed by atoms with E-state index in [9.17, 15) is 9.59 Å². The third-order valence-electron chi connectivity index (χ3n) is 9.84. The summed E-state index contributed by atoms with van der Waals surface area (Å²) < 4.78 is 0. The molecule has 174 valence electrons. The summed E-state index contributed by atoms with van der Waals surface area (Å²) >= 11 is 0. The molecule has 4 unspecified atom stereocenters. The molecule has 7 atom stereocenters. The van der Waals surface area contributed by atoms with E-state index >= 15 is 0 Å². The van der Waals surface area contributed by atoms with Gasteiger partial charge in [-0.25, -0.2) is 0 Å². The van der Waals surface area contributed by atoms with Crippen LogP contribution in [0.15, 0.2) is 4.99 Å². The third kappa shape index (κ3) is 3.50. The molecule has 0 saturated heterocycles. The lowest BCUT2D eigenvalue weighted by atomic mass is 9.48. The van der Waals surface area contributed by atoms with Crippen molar-refractivity contribution in [2.75, 3.05) is 40.3 Å². The van der Waals surface area contributed by atoms with Crippen LogP contribution in [0.2, 0.25) is 0 Å². The van der Waals surface area contributed by atoms with Gasteiger partial charge in [-0.2, -0.15) is 0 Å². The first-order valence-corrected chi connectivity index (χ1v) is 12.7. The highest BCUT2D eigenvalue weighted by molar-refractivity contribution is 6.10. The number of nitrogens with zero attached hydrogens (tertiary/aromatic N) is 3. The van der Waals surface area contributed by atoms with Crippen LogP contribution in [0, 0.1) is 40.4 Å². The van der Waals surface area contributed by atoms with E-state index in [1.165, 1.54) is 12.1 Å². The van der Waals surface area contributed by atoms with Gasteiger partial charge in [0, 0.05) is 49.6 Å². The molecule has 0 aromatic carbocycles. The van der Waals surface area contributed by atoms with Gasteiger partial charge in [-0.1, -0.05) is 13.8 Å². The predicted octanol–water partition coefficient (Wildman–Crippen LogP) is 3.92. The highest BCUT2D eigenvalue weighted by Gasteiger charge is 2.61. The number of fused-ring (bicyclic) bond motifs is 5.